The lowest BCUT2D eigenvalue weighted by Crippen LogP contribution is -2.50. The summed E-state index contributed by atoms with van der Waals surface area (Å²) in [5, 5.41) is 8.80. The molecule has 0 saturated carbocycles. The number of carboxylic acid groups (broad SMARTS) is 1. The monoisotopic (exact) mass is 447 g/mol. The Hall–Kier alpha value is -2.95. The predicted molar refractivity (Wildman–Crippen MR) is 113 cm³/mol. The first kappa shape index (κ1) is 22.7. The number of nitrogens with zero attached hydrogens (tertiary/aromatic N) is 2. The summed E-state index contributed by atoms with van der Waals surface area (Å²) in [6, 6.07) is 14.3. The summed E-state index contributed by atoms with van der Waals surface area (Å²) in [5.41, 5.74) is 5.42. The molecule has 1 amide bonds. The molecular weight excluding hydrogens is 422 g/mol. The third kappa shape index (κ3) is 5.81. The van der Waals surface area contributed by atoms with E-state index in [4.69, 9.17) is 15.6 Å². The SMILES string of the molecule is N[C@@H](CCC(=O)N1CCN(S(=O)(=O)c2ccc(Oc3ccccc3)cc2)CC1)C(=O)O. The number of amides is 1. The molecule has 10 heteroatoms. The van der Waals surface area contributed by atoms with Crippen molar-refractivity contribution in [1.29, 1.82) is 0 Å². The number of carbonyl (C=O) groups excluding carboxylic acids is 1. The fourth-order valence-electron chi connectivity index (χ4n) is 3.19. The number of sulfonamides is 1. The Morgan fingerprint density at radius 2 is 1.55 bits per heavy atom. The van der Waals surface area contributed by atoms with Crippen LogP contribution in [0.3, 0.4) is 0 Å². The number of hydrogen-bond donors (Lipinski definition) is 2. The molecule has 1 saturated heterocycles. The summed E-state index contributed by atoms with van der Waals surface area (Å²) in [6.45, 7) is 0.827. The smallest absolute Gasteiger partial charge is 0.320 e. The zero-order chi connectivity index (χ0) is 22.4. The minimum absolute atomic E-state index is 0.0170. The van der Waals surface area contributed by atoms with Crippen molar-refractivity contribution in [2.24, 2.45) is 5.73 Å². The van der Waals surface area contributed by atoms with E-state index in [0.717, 1.165) is 0 Å². The summed E-state index contributed by atoms with van der Waals surface area (Å²) in [6.07, 6.45) is 0.0627. The second kappa shape index (κ2) is 9.90. The van der Waals surface area contributed by atoms with Gasteiger partial charge in [-0.05, 0) is 42.8 Å². The Kier molecular flexibility index (Phi) is 7.26. The molecule has 31 heavy (non-hydrogen) atoms. The normalized spacial score (nSPS) is 16.0. The number of rotatable bonds is 8. The van der Waals surface area contributed by atoms with Gasteiger partial charge in [-0.1, -0.05) is 18.2 Å². The van der Waals surface area contributed by atoms with Gasteiger partial charge in [0, 0.05) is 32.6 Å². The van der Waals surface area contributed by atoms with Gasteiger partial charge in [0.05, 0.1) is 4.90 Å². The standard InChI is InChI=1S/C21H25N3O6S/c22-19(21(26)27)10-11-20(25)23-12-14-24(15-13-23)31(28,29)18-8-6-17(7-9-18)30-16-4-2-1-3-5-16/h1-9,19H,10-15,22H2,(H,26,27)/t19-/m0/s1. The van der Waals surface area contributed by atoms with Crippen LogP contribution in [0.5, 0.6) is 11.5 Å². The third-order valence-corrected chi connectivity index (χ3v) is 6.93. The van der Waals surface area contributed by atoms with E-state index < -0.39 is 22.0 Å². The largest absolute Gasteiger partial charge is 0.480 e. The van der Waals surface area contributed by atoms with E-state index in [2.05, 4.69) is 0 Å². The predicted octanol–water partition coefficient (Wildman–Crippen LogP) is 1.50. The van der Waals surface area contributed by atoms with Crippen molar-refractivity contribution < 1.29 is 27.9 Å². The molecule has 0 spiro atoms. The number of benzene rings is 2. The zero-order valence-corrected chi connectivity index (χ0v) is 17.7. The lowest BCUT2D eigenvalue weighted by Gasteiger charge is -2.34. The van der Waals surface area contributed by atoms with Crippen LogP contribution in [0.2, 0.25) is 0 Å². The molecule has 0 aliphatic carbocycles. The average Bonchev–Trinajstić information content (AvgIpc) is 2.78. The molecule has 1 aliphatic heterocycles. The maximum Gasteiger partial charge on any atom is 0.320 e. The Balaban J connectivity index is 1.56. The van der Waals surface area contributed by atoms with E-state index >= 15 is 0 Å². The van der Waals surface area contributed by atoms with E-state index in [9.17, 15) is 18.0 Å². The summed E-state index contributed by atoms with van der Waals surface area (Å²) in [4.78, 5) is 24.7. The maximum atomic E-state index is 12.9. The van der Waals surface area contributed by atoms with Gasteiger partial charge in [-0.2, -0.15) is 4.31 Å². The molecule has 1 aliphatic rings. The van der Waals surface area contributed by atoms with Crippen LogP contribution < -0.4 is 10.5 Å². The van der Waals surface area contributed by atoms with Crippen LogP contribution in [0.4, 0.5) is 0 Å². The highest BCUT2D eigenvalue weighted by atomic mass is 32.2. The first-order valence-corrected chi connectivity index (χ1v) is 11.3. The molecule has 3 rings (SSSR count). The van der Waals surface area contributed by atoms with Crippen molar-refractivity contribution >= 4 is 21.9 Å². The number of nitrogens with two attached hydrogens (primary N) is 1. The van der Waals surface area contributed by atoms with E-state index in [1.807, 2.05) is 18.2 Å². The van der Waals surface area contributed by atoms with Crippen molar-refractivity contribution in [2.45, 2.75) is 23.8 Å². The van der Waals surface area contributed by atoms with Gasteiger partial charge in [-0.25, -0.2) is 8.42 Å². The van der Waals surface area contributed by atoms with Gasteiger partial charge < -0.3 is 20.5 Å². The van der Waals surface area contributed by atoms with Crippen molar-refractivity contribution in [3.63, 3.8) is 0 Å². The second-order valence-electron chi connectivity index (χ2n) is 7.15. The summed E-state index contributed by atoms with van der Waals surface area (Å²) < 4.78 is 32.9. The summed E-state index contributed by atoms with van der Waals surface area (Å²) in [5.74, 6) is -0.191. The number of piperazine rings is 1. The van der Waals surface area contributed by atoms with Crippen LogP contribution in [0.25, 0.3) is 0 Å². The van der Waals surface area contributed by atoms with Crippen LogP contribution >= 0.6 is 0 Å². The van der Waals surface area contributed by atoms with E-state index in [1.54, 1.807) is 24.3 Å². The van der Waals surface area contributed by atoms with Gasteiger partial charge >= 0.3 is 5.97 Å². The average molecular weight is 448 g/mol. The van der Waals surface area contributed by atoms with Gasteiger partial charge in [0.2, 0.25) is 15.9 Å². The highest BCUT2D eigenvalue weighted by Crippen LogP contribution is 2.24. The highest BCUT2D eigenvalue weighted by Gasteiger charge is 2.30. The fourth-order valence-corrected chi connectivity index (χ4v) is 4.61. The molecule has 166 valence electrons. The van der Waals surface area contributed by atoms with Gasteiger partial charge in [0.25, 0.3) is 0 Å². The Morgan fingerprint density at radius 3 is 2.13 bits per heavy atom. The van der Waals surface area contributed by atoms with Gasteiger partial charge in [-0.3, -0.25) is 9.59 Å². The van der Waals surface area contributed by atoms with Crippen molar-refractivity contribution in [3.05, 3.63) is 54.6 Å². The van der Waals surface area contributed by atoms with Gasteiger partial charge in [0.1, 0.15) is 17.5 Å². The Bertz CT molecular complexity index is 1000. The molecule has 3 N–H and O–H groups in total. The van der Waals surface area contributed by atoms with Gasteiger partial charge in [0.15, 0.2) is 0 Å². The molecule has 0 unspecified atom stereocenters. The Labute approximate surface area is 181 Å². The van der Waals surface area contributed by atoms with E-state index in [1.165, 1.54) is 21.3 Å². The lowest BCUT2D eigenvalue weighted by atomic mass is 10.1. The molecule has 1 heterocycles. The molecule has 0 radical (unpaired) electrons. The second-order valence-corrected chi connectivity index (χ2v) is 9.09. The zero-order valence-electron chi connectivity index (χ0n) is 16.9. The third-order valence-electron chi connectivity index (χ3n) is 5.02. The fraction of sp³-hybridized carbons (Fsp3) is 0.333. The molecule has 1 fully saturated rings. The number of ether oxygens (including phenoxy) is 1. The van der Waals surface area contributed by atoms with Crippen LogP contribution in [-0.4, -0.2) is 66.8 Å². The first-order valence-electron chi connectivity index (χ1n) is 9.86. The van der Waals surface area contributed by atoms with E-state index in [-0.39, 0.29) is 49.8 Å². The minimum Gasteiger partial charge on any atom is -0.480 e. The summed E-state index contributed by atoms with van der Waals surface area (Å²) in [7, 11) is -3.70. The molecule has 9 nitrogen and oxygen atoms in total. The topological polar surface area (TPSA) is 130 Å². The van der Waals surface area contributed by atoms with Crippen LogP contribution in [0.15, 0.2) is 59.5 Å². The molecule has 2 aromatic carbocycles. The Morgan fingerprint density at radius 1 is 0.968 bits per heavy atom. The number of aliphatic carboxylic acids is 1. The number of hydrogen-bond acceptors (Lipinski definition) is 6. The molecule has 2 aromatic rings. The van der Waals surface area contributed by atoms with Crippen LogP contribution in [0.1, 0.15) is 12.8 Å². The highest BCUT2D eigenvalue weighted by molar-refractivity contribution is 7.89. The van der Waals surface area contributed by atoms with Crippen LogP contribution in [-0.2, 0) is 19.6 Å². The molecular formula is C21H25N3O6S. The van der Waals surface area contributed by atoms with Crippen molar-refractivity contribution in [2.75, 3.05) is 26.2 Å². The van der Waals surface area contributed by atoms with Gasteiger partial charge in [-0.15, -0.1) is 0 Å². The summed E-state index contributed by atoms with van der Waals surface area (Å²) >= 11 is 0. The van der Waals surface area contributed by atoms with Crippen LogP contribution in [0, 0.1) is 0 Å². The molecule has 1 atom stereocenters. The number of carbonyl (C=O) groups is 2. The number of para-hydroxylation sites is 1. The maximum absolute atomic E-state index is 12.9. The molecule has 0 bridgehead atoms. The van der Waals surface area contributed by atoms with Crippen molar-refractivity contribution in [3.8, 4) is 11.5 Å². The quantitative estimate of drug-likeness (QED) is 0.627. The van der Waals surface area contributed by atoms with Crippen molar-refractivity contribution in [1.82, 2.24) is 9.21 Å². The lowest BCUT2D eigenvalue weighted by molar-refractivity contribution is -0.139. The van der Waals surface area contributed by atoms with E-state index in [0.29, 0.717) is 11.5 Å². The number of carboxylic acids is 1. The molecule has 0 aromatic heterocycles. The first-order chi connectivity index (χ1) is 14.8. The minimum atomic E-state index is -3.70.